The molecule has 1 amide bonds. The Bertz CT molecular complexity index is 584. The van der Waals surface area contributed by atoms with Crippen molar-refractivity contribution < 1.29 is 23.1 Å². The number of hydrogen-bond donors (Lipinski definition) is 2. The molecule has 25 heavy (non-hydrogen) atoms. The number of nitrogens with zero attached hydrogens (tertiary/aromatic N) is 1. The lowest BCUT2D eigenvalue weighted by Gasteiger charge is -2.41. The fourth-order valence-electron chi connectivity index (χ4n) is 3.21. The minimum Gasteiger partial charge on any atom is -0.371 e. The molecule has 0 aromatic heterocycles. The Hall–Kier alpha value is -1.76. The molecule has 1 aromatic carbocycles. The molecule has 2 rings (SSSR count). The predicted molar refractivity (Wildman–Crippen MR) is 90.3 cm³/mol. The normalized spacial score (nSPS) is 17.2. The molecule has 1 aliphatic carbocycles. The van der Waals surface area contributed by atoms with Gasteiger partial charge in [0.2, 0.25) is 0 Å². The Morgan fingerprint density at radius 2 is 1.96 bits per heavy atom. The highest BCUT2D eigenvalue weighted by Gasteiger charge is 2.38. The van der Waals surface area contributed by atoms with Crippen molar-refractivity contribution in [1.29, 1.82) is 0 Å². The first-order valence-electron chi connectivity index (χ1n) is 8.62. The number of amides is 1. The fourth-order valence-corrected chi connectivity index (χ4v) is 3.21. The Kier molecular flexibility index (Phi) is 6.32. The average molecular weight is 358 g/mol. The molecule has 0 aliphatic heterocycles. The number of rotatable bonds is 6. The largest absolute Gasteiger partial charge is 0.471 e. The number of anilines is 1. The molecule has 7 heteroatoms. The zero-order valence-corrected chi connectivity index (χ0v) is 14.4. The number of carbonyl (C=O) groups is 1. The zero-order chi connectivity index (χ0) is 18.5. The topological polar surface area (TPSA) is 52.6 Å². The fraction of sp³-hybridized carbons (Fsp3) is 0.611. The summed E-state index contributed by atoms with van der Waals surface area (Å²) in [6.07, 6.45) is 0.739. The van der Waals surface area contributed by atoms with E-state index in [1.54, 1.807) is 0 Å². The van der Waals surface area contributed by atoms with E-state index in [2.05, 4.69) is 0 Å². The van der Waals surface area contributed by atoms with E-state index < -0.39 is 17.8 Å². The van der Waals surface area contributed by atoms with Crippen LogP contribution in [0.2, 0.25) is 0 Å². The average Bonchev–Trinajstić information content (AvgIpc) is 2.58. The van der Waals surface area contributed by atoms with Crippen molar-refractivity contribution in [3.63, 3.8) is 0 Å². The van der Waals surface area contributed by atoms with Gasteiger partial charge in [0.15, 0.2) is 0 Å². The van der Waals surface area contributed by atoms with Crippen LogP contribution in [-0.4, -0.2) is 36.5 Å². The quantitative estimate of drug-likeness (QED) is 0.605. The van der Waals surface area contributed by atoms with Gasteiger partial charge in [-0.2, -0.15) is 13.2 Å². The Balaban J connectivity index is 1.89. The van der Waals surface area contributed by atoms with Crippen LogP contribution in [0.1, 0.15) is 44.1 Å². The third-order valence-electron chi connectivity index (χ3n) is 4.76. The second-order valence-corrected chi connectivity index (χ2v) is 6.63. The van der Waals surface area contributed by atoms with Crippen LogP contribution in [0, 0.1) is 0 Å². The van der Waals surface area contributed by atoms with E-state index in [1.165, 1.54) is 0 Å². The van der Waals surface area contributed by atoms with Crippen LogP contribution < -0.4 is 10.2 Å². The third kappa shape index (κ3) is 5.36. The van der Waals surface area contributed by atoms with Gasteiger partial charge in [0.05, 0.1) is 0 Å². The van der Waals surface area contributed by atoms with Gasteiger partial charge in [-0.25, -0.2) is 0 Å². The van der Waals surface area contributed by atoms with Crippen LogP contribution in [-0.2, 0) is 11.2 Å². The summed E-state index contributed by atoms with van der Waals surface area (Å²) >= 11 is 0. The maximum absolute atomic E-state index is 12.1. The summed E-state index contributed by atoms with van der Waals surface area (Å²) in [5, 5.41) is 12.7. The van der Waals surface area contributed by atoms with Gasteiger partial charge in [-0.05, 0) is 56.2 Å². The van der Waals surface area contributed by atoms with E-state index in [4.69, 9.17) is 0 Å². The Morgan fingerprint density at radius 3 is 2.60 bits per heavy atom. The standard InChI is InChI=1S/C18H25F3N2O2/c1-23(17(25)10-3-2-4-11-17)15-9-5-7-14(13-15)8-6-12-22-16(24)18(19,20)21/h5,7,9,13,25H,2-4,6,8,10-12H2,1H3,(H,22,24). The van der Waals surface area contributed by atoms with Gasteiger partial charge in [0.1, 0.15) is 5.72 Å². The second kappa shape index (κ2) is 8.08. The van der Waals surface area contributed by atoms with Gasteiger partial charge in [-0.15, -0.1) is 0 Å². The first-order chi connectivity index (χ1) is 11.7. The van der Waals surface area contributed by atoms with Crippen molar-refractivity contribution >= 4 is 11.6 Å². The van der Waals surface area contributed by atoms with Crippen molar-refractivity contribution in [1.82, 2.24) is 5.32 Å². The number of benzene rings is 1. The number of aryl methyl sites for hydroxylation is 1. The smallest absolute Gasteiger partial charge is 0.371 e. The third-order valence-corrected chi connectivity index (χ3v) is 4.76. The lowest BCUT2D eigenvalue weighted by Crippen LogP contribution is -2.48. The van der Waals surface area contributed by atoms with Crippen LogP contribution in [0.15, 0.2) is 24.3 Å². The van der Waals surface area contributed by atoms with E-state index in [0.717, 1.165) is 43.4 Å². The van der Waals surface area contributed by atoms with Crippen LogP contribution in [0.4, 0.5) is 18.9 Å². The molecule has 0 heterocycles. The van der Waals surface area contributed by atoms with E-state index in [9.17, 15) is 23.1 Å². The van der Waals surface area contributed by atoms with Crippen LogP contribution in [0.5, 0.6) is 0 Å². The molecule has 0 saturated heterocycles. The summed E-state index contributed by atoms with van der Waals surface area (Å²) in [6, 6.07) is 7.63. The molecule has 0 bridgehead atoms. The molecule has 1 saturated carbocycles. The Labute approximate surface area is 146 Å². The van der Waals surface area contributed by atoms with Gasteiger partial charge >= 0.3 is 12.1 Å². The number of halogens is 3. The molecule has 1 aliphatic rings. The lowest BCUT2D eigenvalue weighted by atomic mass is 9.90. The minimum atomic E-state index is -4.84. The van der Waals surface area contributed by atoms with Crippen LogP contribution in [0.25, 0.3) is 0 Å². The predicted octanol–water partition coefficient (Wildman–Crippen LogP) is 3.39. The summed E-state index contributed by atoms with van der Waals surface area (Å²) in [7, 11) is 1.87. The zero-order valence-electron chi connectivity index (χ0n) is 14.4. The van der Waals surface area contributed by atoms with E-state index >= 15 is 0 Å². The molecule has 1 aromatic rings. The molecular formula is C18H25F3N2O2. The van der Waals surface area contributed by atoms with Crippen LogP contribution in [0.3, 0.4) is 0 Å². The Morgan fingerprint density at radius 1 is 1.28 bits per heavy atom. The first kappa shape index (κ1) is 19.6. The van der Waals surface area contributed by atoms with Gasteiger partial charge in [-0.1, -0.05) is 18.6 Å². The maximum atomic E-state index is 12.1. The van der Waals surface area contributed by atoms with Crippen molar-refractivity contribution in [2.45, 2.75) is 56.8 Å². The highest BCUT2D eigenvalue weighted by Crippen LogP contribution is 2.33. The van der Waals surface area contributed by atoms with E-state index in [0.29, 0.717) is 12.8 Å². The number of carbonyl (C=O) groups excluding carboxylic acids is 1. The SMILES string of the molecule is CN(c1cccc(CCCNC(=O)C(F)(F)F)c1)C1(O)CCCCC1. The van der Waals surface area contributed by atoms with E-state index in [-0.39, 0.29) is 6.54 Å². The minimum absolute atomic E-state index is 0.0254. The lowest BCUT2D eigenvalue weighted by molar-refractivity contribution is -0.173. The first-order valence-corrected chi connectivity index (χ1v) is 8.62. The summed E-state index contributed by atoms with van der Waals surface area (Å²) in [4.78, 5) is 12.6. The highest BCUT2D eigenvalue weighted by atomic mass is 19.4. The molecular weight excluding hydrogens is 333 g/mol. The molecule has 4 nitrogen and oxygen atoms in total. The number of alkyl halides is 3. The monoisotopic (exact) mass is 358 g/mol. The highest BCUT2D eigenvalue weighted by molar-refractivity contribution is 5.81. The molecule has 0 unspecified atom stereocenters. The number of nitrogens with one attached hydrogen (secondary N) is 1. The summed E-state index contributed by atoms with van der Waals surface area (Å²) < 4.78 is 36.3. The van der Waals surface area contributed by atoms with Crippen LogP contribution >= 0.6 is 0 Å². The summed E-state index contributed by atoms with van der Waals surface area (Å²) in [5.74, 6) is -1.90. The molecule has 2 N–H and O–H groups in total. The number of aliphatic hydroxyl groups is 1. The molecule has 140 valence electrons. The molecule has 1 fully saturated rings. The van der Waals surface area contributed by atoms with Gasteiger partial charge in [0.25, 0.3) is 0 Å². The van der Waals surface area contributed by atoms with Crippen molar-refractivity contribution in [3.05, 3.63) is 29.8 Å². The van der Waals surface area contributed by atoms with Gasteiger partial charge < -0.3 is 15.3 Å². The van der Waals surface area contributed by atoms with E-state index in [1.807, 2.05) is 41.5 Å². The number of hydrogen-bond acceptors (Lipinski definition) is 3. The van der Waals surface area contributed by atoms with Gasteiger partial charge in [-0.3, -0.25) is 4.79 Å². The van der Waals surface area contributed by atoms with Gasteiger partial charge in [0, 0.05) is 19.3 Å². The maximum Gasteiger partial charge on any atom is 0.471 e. The summed E-state index contributed by atoms with van der Waals surface area (Å²) in [5.41, 5.74) is 1.02. The molecule has 0 spiro atoms. The van der Waals surface area contributed by atoms with Crippen molar-refractivity contribution in [3.8, 4) is 0 Å². The van der Waals surface area contributed by atoms with Crippen molar-refractivity contribution in [2.75, 3.05) is 18.5 Å². The molecule has 0 atom stereocenters. The second-order valence-electron chi connectivity index (χ2n) is 6.63. The molecule has 0 radical (unpaired) electrons. The van der Waals surface area contributed by atoms with Crippen molar-refractivity contribution in [2.24, 2.45) is 0 Å². The summed E-state index contributed by atoms with van der Waals surface area (Å²) in [6.45, 7) is -0.0254.